The Morgan fingerprint density at radius 2 is 1.86 bits per heavy atom. The van der Waals surface area contributed by atoms with Crippen molar-refractivity contribution in [1.29, 1.82) is 0 Å². The van der Waals surface area contributed by atoms with Gasteiger partial charge in [0.25, 0.3) is 0 Å². The van der Waals surface area contributed by atoms with Crippen molar-refractivity contribution in [3.05, 3.63) is 72.2 Å². The molecule has 10 heteroatoms. The van der Waals surface area contributed by atoms with E-state index in [1.54, 1.807) is 54.5 Å². The quantitative estimate of drug-likeness (QED) is 0.328. The lowest BCUT2D eigenvalue weighted by Gasteiger charge is -2.18. The molecule has 0 spiro atoms. The van der Waals surface area contributed by atoms with Crippen LogP contribution in [-0.4, -0.2) is 31.6 Å². The minimum atomic E-state index is -1.17. The zero-order chi connectivity index (χ0) is 26.5. The minimum absolute atomic E-state index is 0.0389. The van der Waals surface area contributed by atoms with Gasteiger partial charge in [0.15, 0.2) is 11.6 Å². The molecular formula is C26H28F2N4O3S. The molecule has 0 aliphatic heterocycles. The van der Waals surface area contributed by atoms with E-state index >= 15 is 0 Å². The lowest BCUT2D eigenvalue weighted by atomic mass is 10.1. The molecule has 0 aliphatic carbocycles. The molecule has 0 radical (unpaired) electrons. The number of anilines is 1. The zero-order valence-corrected chi connectivity index (χ0v) is 21.5. The summed E-state index contributed by atoms with van der Waals surface area (Å²) >= 11 is 0. The normalized spacial score (nSPS) is 12.0. The minimum Gasteiger partial charge on any atom is -0.453 e. The highest BCUT2D eigenvalue weighted by Gasteiger charge is 2.16. The van der Waals surface area contributed by atoms with Crippen LogP contribution in [0.3, 0.4) is 0 Å². The second kappa shape index (κ2) is 11.4. The summed E-state index contributed by atoms with van der Waals surface area (Å²) in [5.41, 5.74) is 1.60. The third-order valence-electron chi connectivity index (χ3n) is 5.23. The molecule has 2 aromatic heterocycles. The first kappa shape index (κ1) is 26.9. The van der Waals surface area contributed by atoms with Crippen molar-refractivity contribution >= 4 is 33.8 Å². The number of amides is 1. The van der Waals surface area contributed by atoms with Crippen LogP contribution in [0.5, 0.6) is 11.5 Å². The van der Waals surface area contributed by atoms with Gasteiger partial charge >= 0.3 is 0 Å². The fourth-order valence-electron chi connectivity index (χ4n) is 3.24. The van der Waals surface area contributed by atoms with Gasteiger partial charge in [0.1, 0.15) is 5.75 Å². The highest BCUT2D eigenvalue weighted by atomic mass is 32.2. The summed E-state index contributed by atoms with van der Waals surface area (Å²) in [7, 11) is -1.17. The van der Waals surface area contributed by atoms with E-state index in [0.717, 1.165) is 5.69 Å². The van der Waals surface area contributed by atoms with E-state index in [1.807, 2.05) is 20.8 Å². The molecule has 36 heavy (non-hydrogen) atoms. The van der Waals surface area contributed by atoms with Gasteiger partial charge in [-0.15, -0.1) is 0 Å². The number of aromatic nitrogens is 3. The van der Waals surface area contributed by atoms with Gasteiger partial charge in [-0.2, -0.15) is 9.49 Å². The number of hydrogen-bond acceptors (Lipinski definition) is 5. The van der Waals surface area contributed by atoms with E-state index in [2.05, 4.69) is 15.4 Å². The molecule has 1 amide bonds. The van der Waals surface area contributed by atoms with Crippen LogP contribution in [0, 0.1) is 11.6 Å². The molecule has 2 heterocycles. The topological polar surface area (TPSA) is 86.1 Å². The third-order valence-corrected chi connectivity index (χ3v) is 6.15. The van der Waals surface area contributed by atoms with Crippen LogP contribution in [0.1, 0.15) is 33.3 Å². The van der Waals surface area contributed by atoms with Crippen LogP contribution in [0.2, 0.25) is 0 Å². The van der Waals surface area contributed by atoms with Crippen LogP contribution in [0.15, 0.2) is 59.9 Å². The van der Waals surface area contributed by atoms with E-state index < -0.39 is 22.4 Å². The van der Waals surface area contributed by atoms with E-state index in [9.17, 15) is 17.8 Å². The number of benzene rings is 2. The average Bonchev–Trinajstić information content (AvgIpc) is 3.32. The Kier molecular flexibility index (Phi) is 8.52. The molecule has 0 saturated carbocycles. The molecule has 1 atom stereocenters. The van der Waals surface area contributed by atoms with Crippen molar-refractivity contribution in [2.24, 2.45) is 0 Å². The maximum atomic E-state index is 14.2. The number of ether oxygens (including phenoxy) is 1. The van der Waals surface area contributed by atoms with Gasteiger partial charge in [-0.3, -0.25) is 18.7 Å². The second-order valence-electron chi connectivity index (χ2n) is 8.86. The fourth-order valence-corrected chi connectivity index (χ4v) is 3.79. The van der Waals surface area contributed by atoms with Crippen molar-refractivity contribution < 1.29 is 22.5 Å². The van der Waals surface area contributed by atoms with Crippen LogP contribution in [0.25, 0.3) is 10.9 Å². The molecule has 0 saturated heterocycles. The molecule has 2 aromatic carbocycles. The average molecular weight is 515 g/mol. The van der Waals surface area contributed by atoms with Crippen LogP contribution in [-0.2, 0) is 27.6 Å². The summed E-state index contributed by atoms with van der Waals surface area (Å²) in [6.45, 7) is 7.89. The Hall–Kier alpha value is -3.66. The van der Waals surface area contributed by atoms with Crippen molar-refractivity contribution in [3.63, 3.8) is 0 Å². The highest BCUT2D eigenvalue weighted by Crippen LogP contribution is 2.32. The molecule has 4 rings (SSSR count). The van der Waals surface area contributed by atoms with E-state index in [-0.39, 0.29) is 11.3 Å². The van der Waals surface area contributed by atoms with E-state index in [4.69, 9.17) is 4.74 Å². The number of nitrogens with zero attached hydrogens (tertiary/aromatic N) is 3. The number of halogens is 2. The Balaban J connectivity index is 0.000000253. The SMILES string of the molecule is CC(C)(C)n1cc(NC=O)cn1.CCc1ccc(Oc2ccnc3ccc(S(C)=O)cc23)c(F)c1F. The monoisotopic (exact) mass is 514 g/mol. The molecular weight excluding hydrogens is 486 g/mol. The Labute approximate surface area is 211 Å². The molecule has 190 valence electrons. The lowest BCUT2D eigenvalue weighted by Crippen LogP contribution is -2.21. The first-order valence-corrected chi connectivity index (χ1v) is 12.7. The van der Waals surface area contributed by atoms with Gasteiger partial charge in [-0.05, 0) is 63.1 Å². The summed E-state index contributed by atoms with van der Waals surface area (Å²) in [6, 6.07) is 9.59. The van der Waals surface area contributed by atoms with Gasteiger partial charge in [-0.25, -0.2) is 4.39 Å². The van der Waals surface area contributed by atoms with Gasteiger partial charge in [0.05, 0.1) is 22.9 Å². The molecule has 4 aromatic rings. The Morgan fingerprint density at radius 3 is 2.47 bits per heavy atom. The molecule has 7 nitrogen and oxygen atoms in total. The fraction of sp³-hybridized carbons (Fsp3) is 0.269. The predicted molar refractivity (Wildman–Crippen MR) is 137 cm³/mol. The zero-order valence-electron chi connectivity index (χ0n) is 20.7. The molecule has 0 fully saturated rings. The predicted octanol–water partition coefficient (Wildman–Crippen LogP) is 5.81. The standard InChI is InChI=1S/C18H15F2NO2S.C8H13N3O/c1-3-11-4-7-16(18(20)17(11)19)23-15-8-9-21-14-6-5-12(24(2)22)10-13(14)15;1-8(2,3)11-5-7(4-10-11)9-6-12/h4-10H,3H2,1-2H3;4-6H,1-3H3,(H,9,12). The Morgan fingerprint density at radius 1 is 1.11 bits per heavy atom. The van der Waals surface area contributed by atoms with E-state index in [0.29, 0.717) is 39.9 Å². The van der Waals surface area contributed by atoms with E-state index in [1.165, 1.54) is 18.3 Å². The van der Waals surface area contributed by atoms with Crippen LogP contribution >= 0.6 is 0 Å². The summed E-state index contributed by atoms with van der Waals surface area (Å²) in [6.07, 6.45) is 7.55. The summed E-state index contributed by atoms with van der Waals surface area (Å²) in [5.74, 6) is -1.78. The van der Waals surface area contributed by atoms with Crippen LogP contribution in [0.4, 0.5) is 14.5 Å². The van der Waals surface area contributed by atoms with Gasteiger partial charge in [0.2, 0.25) is 12.2 Å². The number of pyridine rings is 1. The maximum Gasteiger partial charge on any atom is 0.211 e. The number of rotatable bonds is 6. The van der Waals surface area contributed by atoms with Gasteiger partial charge < -0.3 is 10.1 Å². The van der Waals surface area contributed by atoms with Crippen LogP contribution < -0.4 is 10.1 Å². The Bertz CT molecular complexity index is 1400. The van der Waals surface area contributed by atoms with Gasteiger partial charge in [-0.1, -0.05) is 13.0 Å². The third kappa shape index (κ3) is 6.31. The van der Waals surface area contributed by atoms with Crippen molar-refractivity contribution in [1.82, 2.24) is 14.8 Å². The highest BCUT2D eigenvalue weighted by molar-refractivity contribution is 7.84. The first-order chi connectivity index (χ1) is 17.0. The molecule has 0 aliphatic rings. The number of hydrogen-bond donors (Lipinski definition) is 1. The largest absolute Gasteiger partial charge is 0.453 e. The van der Waals surface area contributed by atoms with Gasteiger partial charge in [0, 0.05) is 39.7 Å². The number of aryl methyl sites for hydroxylation is 1. The number of carbonyl (C=O) groups excluding carboxylic acids is 1. The van der Waals surface area contributed by atoms with Crippen molar-refractivity contribution in [2.45, 2.75) is 44.6 Å². The molecule has 1 N–H and O–H groups in total. The summed E-state index contributed by atoms with van der Waals surface area (Å²) in [4.78, 5) is 14.9. The number of fused-ring (bicyclic) bond motifs is 1. The van der Waals surface area contributed by atoms with Crippen molar-refractivity contribution in [2.75, 3.05) is 11.6 Å². The summed E-state index contributed by atoms with van der Waals surface area (Å²) in [5, 5.41) is 7.23. The first-order valence-electron chi connectivity index (χ1n) is 11.2. The van der Waals surface area contributed by atoms with Crippen molar-refractivity contribution in [3.8, 4) is 11.5 Å². The number of carbonyl (C=O) groups is 1. The second-order valence-corrected chi connectivity index (χ2v) is 10.2. The maximum absolute atomic E-state index is 14.2. The smallest absolute Gasteiger partial charge is 0.211 e. The number of nitrogens with one attached hydrogen (secondary N) is 1. The molecule has 0 bridgehead atoms. The molecule has 1 unspecified atom stereocenters. The summed E-state index contributed by atoms with van der Waals surface area (Å²) < 4.78 is 47.2. The lowest BCUT2D eigenvalue weighted by molar-refractivity contribution is -0.105.